The lowest BCUT2D eigenvalue weighted by Gasteiger charge is -2.12. The van der Waals surface area contributed by atoms with Crippen LogP contribution in [0.4, 0.5) is 0 Å². The van der Waals surface area contributed by atoms with Gasteiger partial charge >= 0.3 is 15.4 Å². The zero-order chi connectivity index (χ0) is 14.8. The van der Waals surface area contributed by atoms with Crippen LogP contribution in [-0.4, -0.2) is 11.3 Å². The van der Waals surface area contributed by atoms with Gasteiger partial charge in [0.05, 0.1) is 11.3 Å². The fourth-order valence-corrected chi connectivity index (χ4v) is 4.51. The lowest BCUT2D eigenvalue weighted by molar-refractivity contribution is 0.461. The molecule has 0 bridgehead atoms. The fraction of sp³-hybridized carbons (Fsp3) is 1.00. The molecule has 1 saturated carbocycles. The van der Waals surface area contributed by atoms with Crippen LogP contribution in [0.15, 0.2) is 0 Å². The highest BCUT2D eigenvalue weighted by molar-refractivity contribution is 7.31. The van der Waals surface area contributed by atoms with Crippen molar-refractivity contribution in [1.29, 1.82) is 0 Å². The smallest absolute Gasteiger partial charge is 0.237 e. The summed E-state index contributed by atoms with van der Waals surface area (Å²) in [4.78, 5) is 0. The molecule has 0 saturated heterocycles. The SMILES string of the molecule is O=P(=O)C1CCCCCCC[C@H](P(=O)=O)CCCCC1. The number of hydrogen-bond acceptors (Lipinski definition) is 4. The van der Waals surface area contributed by atoms with Crippen LogP contribution < -0.4 is 0 Å². The minimum atomic E-state index is -2.31. The lowest BCUT2D eigenvalue weighted by Crippen LogP contribution is -2.03. The summed E-state index contributed by atoms with van der Waals surface area (Å²) in [6, 6.07) is 0. The Morgan fingerprint density at radius 3 is 1.00 bits per heavy atom. The van der Waals surface area contributed by atoms with E-state index in [2.05, 4.69) is 0 Å². The Bertz CT molecular complexity index is 350. The van der Waals surface area contributed by atoms with Gasteiger partial charge in [0.15, 0.2) is 0 Å². The summed E-state index contributed by atoms with van der Waals surface area (Å²) in [5.74, 6) is 0. The molecule has 0 spiro atoms. The first kappa shape index (κ1) is 17.9. The van der Waals surface area contributed by atoms with Crippen LogP contribution in [0, 0.1) is 0 Å². The zero-order valence-electron chi connectivity index (χ0n) is 12.2. The summed E-state index contributed by atoms with van der Waals surface area (Å²) in [6.45, 7) is 0. The highest BCUT2D eigenvalue weighted by Crippen LogP contribution is 2.30. The van der Waals surface area contributed by atoms with Crippen molar-refractivity contribution in [2.24, 2.45) is 0 Å². The van der Waals surface area contributed by atoms with Crippen molar-refractivity contribution in [3.05, 3.63) is 0 Å². The van der Waals surface area contributed by atoms with Crippen LogP contribution in [0.5, 0.6) is 0 Å². The van der Waals surface area contributed by atoms with E-state index < -0.39 is 15.4 Å². The lowest BCUT2D eigenvalue weighted by atomic mass is 10.0. The van der Waals surface area contributed by atoms with Crippen LogP contribution >= 0.6 is 15.4 Å². The van der Waals surface area contributed by atoms with Crippen molar-refractivity contribution in [2.45, 2.75) is 88.4 Å². The van der Waals surface area contributed by atoms with Crippen molar-refractivity contribution in [1.82, 2.24) is 0 Å². The molecule has 1 rings (SSSR count). The molecule has 0 aromatic carbocycles. The zero-order valence-corrected chi connectivity index (χ0v) is 14.0. The van der Waals surface area contributed by atoms with Crippen molar-refractivity contribution in [3.8, 4) is 0 Å². The topological polar surface area (TPSA) is 68.3 Å². The standard InChI is InChI=1S/C14H26O4P2/c15-19(16)13-9-5-2-1-3-6-10-14(20(17)18)12-8-4-7-11-13/h13-14H,1-12H2/t13-,14?/m0/s1. The van der Waals surface area contributed by atoms with E-state index in [1.165, 1.54) is 0 Å². The number of rotatable bonds is 2. The molecule has 116 valence electrons. The summed E-state index contributed by atoms with van der Waals surface area (Å²) in [6.07, 6.45) is 11.0. The Morgan fingerprint density at radius 2 is 0.700 bits per heavy atom. The largest absolute Gasteiger partial charge is 0.318 e. The monoisotopic (exact) mass is 320 g/mol. The second-order valence-corrected chi connectivity index (χ2v) is 8.46. The first-order chi connectivity index (χ1) is 9.61. The second-order valence-electron chi connectivity index (χ2n) is 5.86. The molecule has 20 heavy (non-hydrogen) atoms. The molecule has 1 unspecified atom stereocenters. The van der Waals surface area contributed by atoms with E-state index in [9.17, 15) is 18.3 Å². The third-order valence-electron chi connectivity index (χ3n) is 4.25. The third kappa shape index (κ3) is 7.55. The van der Waals surface area contributed by atoms with Crippen LogP contribution in [0.3, 0.4) is 0 Å². The Kier molecular flexibility index (Phi) is 9.39. The first-order valence-corrected chi connectivity index (χ1v) is 10.4. The molecule has 0 aliphatic heterocycles. The summed E-state index contributed by atoms with van der Waals surface area (Å²) in [5, 5.41) is 0. The minimum Gasteiger partial charge on any atom is -0.237 e. The quantitative estimate of drug-likeness (QED) is 0.606. The first-order valence-electron chi connectivity index (χ1n) is 7.88. The molecule has 0 amide bonds. The molecule has 1 aliphatic rings. The molecule has 0 aromatic heterocycles. The third-order valence-corrected chi connectivity index (χ3v) is 6.47. The second kappa shape index (κ2) is 10.5. The Balaban J connectivity index is 2.47. The van der Waals surface area contributed by atoms with Gasteiger partial charge in [-0.25, -0.2) is 18.3 Å². The molecule has 6 heteroatoms. The highest BCUT2D eigenvalue weighted by Gasteiger charge is 2.17. The summed E-state index contributed by atoms with van der Waals surface area (Å²) in [7, 11) is -4.62. The van der Waals surface area contributed by atoms with Crippen molar-refractivity contribution in [3.63, 3.8) is 0 Å². The highest BCUT2D eigenvalue weighted by atomic mass is 31.1. The van der Waals surface area contributed by atoms with E-state index in [0.717, 1.165) is 77.0 Å². The van der Waals surface area contributed by atoms with E-state index in [-0.39, 0.29) is 11.3 Å². The summed E-state index contributed by atoms with van der Waals surface area (Å²) in [5.41, 5.74) is -0.334. The molecule has 0 heterocycles. The molecular weight excluding hydrogens is 294 g/mol. The Morgan fingerprint density at radius 1 is 0.450 bits per heavy atom. The van der Waals surface area contributed by atoms with Gasteiger partial charge in [-0.2, -0.15) is 0 Å². The van der Waals surface area contributed by atoms with Gasteiger partial charge in [0, 0.05) is 0 Å². The van der Waals surface area contributed by atoms with E-state index in [0.29, 0.717) is 0 Å². The van der Waals surface area contributed by atoms with Crippen molar-refractivity contribution < 1.29 is 18.3 Å². The van der Waals surface area contributed by atoms with Gasteiger partial charge in [-0.05, 0) is 25.7 Å². The van der Waals surface area contributed by atoms with E-state index in [1.54, 1.807) is 0 Å². The number of hydrogen-bond donors (Lipinski definition) is 0. The molecule has 0 radical (unpaired) electrons. The van der Waals surface area contributed by atoms with Crippen molar-refractivity contribution in [2.75, 3.05) is 0 Å². The van der Waals surface area contributed by atoms with Crippen LogP contribution in [0.1, 0.15) is 77.0 Å². The van der Waals surface area contributed by atoms with Gasteiger partial charge in [-0.3, -0.25) is 0 Å². The maximum Gasteiger partial charge on any atom is 0.318 e. The van der Waals surface area contributed by atoms with Crippen LogP contribution in [0.25, 0.3) is 0 Å². The predicted octanol–water partition coefficient (Wildman–Crippen LogP) is 5.76. The molecule has 0 N–H and O–H groups in total. The van der Waals surface area contributed by atoms with Crippen molar-refractivity contribution >= 4 is 15.4 Å². The molecule has 2 atom stereocenters. The molecule has 0 aromatic rings. The molecule has 1 aliphatic carbocycles. The predicted molar refractivity (Wildman–Crippen MR) is 79.6 cm³/mol. The fourth-order valence-electron chi connectivity index (χ4n) is 2.94. The molecular formula is C14H26O4P2. The van der Waals surface area contributed by atoms with Crippen LogP contribution in [-0.2, 0) is 18.3 Å². The van der Waals surface area contributed by atoms with Gasteiger partial charge in [0.1, 0.15) is 0 Å². The van der Waals surface area contributed by atoms with E-state index in [1.807, 2.05) is 0 Å². The normalized spacial score (nSPS) is 27.4. The van der Waals surface area contributed by atoms with Gasteiger partial charge < -0.3 is 0 Å². The summed E-state index contributed by atoms with van der Waals surface area (Å²) < 4.78 is 44.8. The maximum atomic E-state index is 11.2. The van der Waals surface area contributed by atoms with E-state index in [4.69, 9.17) is 0 Å². The average Bonchev–Trinajstić information content (AvgIpc) is 2.40. The molecule has 1 fully saturated rings. The summed E-state index contributed by atoms with van der Waals surface area (Å²) >= 11 is 0. The Hall–Kier alpha value is -0.200. The molecule has 4 nitrogen and oxygen atoms in total. The van der Waals surface area contributed by atoms with E-state index >= 15 is 0 Å². The van der Waals surface area contributed by atoms with Gasteiger partial charge in [-0.1, -0.05) is 51.4 Å². The minimum absolute atomic E-state index is 0.167. The maximum absolute atomic E-state index is 11.2. The van der Waals surface area contributed by atoms with Gasteiger partial charge in [0.2, 0.25) is 0 Å². The van der Waals surface area contributed by atoms with Gasteiger partial charge in [0.25, 0.3) is 0 Å². The average molecular weight is 320 g/mol. The van der Waals surface area contributed by atoms with Crippen LogP contribution in [0.2, 0.25) is 0 Å². The van der Waals surface area contributed by atoms with Gasteiger partial charge in [-0.15, -0.1) is 0 Å². The Labute approximate surface area is 122 Å².